The lowest BCUT2D eigenvalue weighted by Crippen LogP contribution is -2.35. The maximum absolute atomic E-state index is 12.5. The van der Waals surface area contributed by atoms with Gasteiger partial charge in [0.1, 0.15) is 13.2 Å². The molecule has 0 aliphatic rings. The van der Waals surface area contributed by atoms with Crippen LogP contribution < -0.4 is 0 Å². The highest BCUT2D eigenvalue weighted by Gasteiger charge is 2.22. The minimum atomic E-state index is -1.10. The molecule has 0 saturated carbocycles. The lowest BCUT2D eigenvalue weighted by atomic mass is 10.2. The highest BCUT2D eigenvalue weighted by atomic mass is 79.9. The van der Waals surface area contributed by atoms with E-state index in [0.29, 0.717) is 5.76 Å². The van der Waals surface area contributed by atoms with Crippen LogP contribution in [-0.4, -0.2) is 40.7 Å². The van der Waals surface area contributed by atoms with Crippen LogP contribution in [0, 0.1) is 0 Å². The van der Waals surface area contributed by atoms with Crippen molar-refractivity contribution in [1.82, 2.24) is 10.1 Å². The molecule has 0 fully saturated rings. The van der Waals surface area contributed by atoms with Crippen molar-refractivity contribution >= 4 is 27.8 Å². The Hall–Kier alpha value is -2.19. The van der Waals surface area contributed by atoms with Crippen LogP contribution in [0.5, 0.6) is 0 Å². The minimum Gasteiger partial charge on any atom is -0.480 e. The summed E-state index contributed by atoms with van der Waals surface area (Å²) in [6.45, 7) is -0.0975. The van der Waals surface area contributed by atoms with Gasteiger partial charge in [-0.1, -0.05) is 33.2 Å². The monoisotopic (exact) mass is 382 g/mol. The van der Waals surface area contributed by atoms with Crippen molar-refractivity contribution in [1.29, 1.82) is 0 Å². The number of rotatable bonds is 7. The number of carbonyl (C=O) groups is 2. The van der Waals surface area contributed by atoms with Crippen LogP contribution >= 0.6 is 15.9 Å². The predicted octanol–water partition coefficient (Wildman–Crippen LogP) is 2.31. The van der Waals surface area contributed by atoms with Gasteiger partial charge < -0.3 is 19.3 Å². The molecule has 0 bridgehead atoms. The number of carboxylic acids is 1. The molecule has 0 aliphatic heterocycles. The summed E-state index contributed by atoms with van der Waals surface area (Å²) in [4.78, 5) is 24.7. The highest BCUT2D eigenvalue weighted by molar-refractivity contribution is 9.10. The molecule has 1 aromatic heterocycles. The minimum absolute atomic E-state index is 0.0493. The number of halogens is 1. The van der Waals surface area contributed by atoms with Gasteiger partial charge in [0.05, 0.1) is 0 Å². The fourth-order valence-electron chi connectivity index (χ4n) is 2.00. The number of nitrogens with zero attached hydrogens (tertiary/aromatic N) is 2. The summed E-state index contributed by atoms with van der Waals surface area (Å²) in [7, 11) is 1.49. The van der Waals surface area contributed by atoms with Gasteiger partial charge >= 0.3 is 5.97 Å². The molecule has 122 valence electrons. The van der Waals surface area contributed by atoms with Crippen LogP contribution in [0.3, 0.4) is 0 Å². The van der Waals surface area contributed by atoms with Gasteiger partial charge in [0.2, 0.25) is 0 Å². The maximum atomic E-state index is 12.5. The Bertz CT molecular complexity index is 701. The zero-order valence-electron chi connectivity index (χ0n) is 12.4. The van der Waals surface area contributed by atoms with Crippen molar-refractivity contribution in [3.05, 3.63) is 51.8 Å². The number of carboxylic acid groups (broad SMARTS) is 1. The third kappa shape index (κ3) is 4.90. The van der Waals surface area contributed by atoms with Gasteiger partial charge in [-0.05, 0) is 17.7 Å². The summed E-state index contributed by atoms with van der Waals surface area (Å²) in [5.41, 5.74) is 0.850. The molecule has 0 saturated heterocycles. The molecular weight excluding hydrogens is 368 g/mol. The standard InChI is InChI=1S/C15H15BrN2O5/c1-22-9-12-6-13(17-23-12)15(21)18(8-14(19)20)7-10-3-2-4-11(16)5-10/h2-6H,7-9H2,1H3,(H,19,20). The fraction of sp³-hybridized carbons (Fsp3) is 0.267. The van der Waals surface area contributed by atoms with Crippen molar-refractivity contribution in [2.45, 2.75) is 13.2 Å². The van der Waals surface area contributed by atoms with E-state index in [2.05, 4.69) is 21.1 Å². The zero-order valence-corrected chi connectivity index (χ0v) is 13.9. The third-order valence-electron chi connectivity index (χ3n) is 2.94. The Labute approximate surface area is 141 Å². The van der Waals surface area contributed by atoms with E-state index in [9.17, 15) is 9.59 Å². The normalized spacial score (nSPS) is 10.5. The summed E-state index contributed by atoms with van der Waals surface area (Å²) in [5.74, 6) is -1.22. The van der Waals surface area contributed by atoms with Gasteiger partial charge in [-0.2, -0.15) is 0 Å². The SMILES string of the molecule is COCc1cc(C(=O)N(CC(=O)O)Cc2cccc(Br)c2)no1. The lowest BCUT2D eigenvalue weighted by Gasteiger charge is -2.19. The van der Waals surface area contributed by atoms with Crippen molar-refractivity contribution < 1.29 is 24.0 Å². The molecule has 8 heteroatoms. The summed E-state index contributed by atoms with van der Waals surface area (Å²) < 4.78 is 10.7. The van der Waals surface area contributed by atoms with Crippen molar-refractivity contribution in [2.75, 3.05) is 13.7 Å². The van der Waals surface area contributed by atoms with E-state index < -0.39 is 18.4 Å². The molecule has 0 aliphatic carbocycles. The van der Waals surface area contributed by atoms with Crippen molar-refractivity contribution in [3.8, 4) is 0 Å². The van der Waals surface area contributed by atoms with E-state index in [1.165, 1.54) is 18.1 Å². The summed E-state index contributed by atoms with van der Waals surface area (Å²) in [5, 5.41) is 12.7. The number of benzene rings is 1. The molecule has 0 radical (unpaired) electrons. The summed E-state index contributed by atoms with van der Waals surface area (Å²) in [6, 6.07) is 8.74. The molecule has 1 aromatic carbocycles. The Morgan fingerprint density at radius 2 is 2.17 bits per heavy atom. The van der Waals surface area contributed by atoms with E-state index in [1.54, 1.807) is 0 Å². The summed E-state index contributed by atoms with van der Waals surface area (Å²) in [6.07, 6.45) is 0. The number of hydrogen-bond acceptors (Lipinski definition) is 5. The molecule has 2 aromatic rings. The van der Waals surface area contributed by atoms with Crippen molar-refractivity contribution in [2.24, 2.45) is 0 Å². The Balaban J connectivity index is 2.19. The molecule has 1 N–H and O–H groups in total. The van der Waals surface area contributed by atoms with E-state index in [1.807, 2.05) is 24.3 Å². The number of hydrogen-bond donors (Lipinski definition) is 1. The van der Waals surface area contributed by atoms with E-state index in [-0.39, 0.29) is 18.8 Å². The molecular formula is C15H15BrN2O5. The highest BCUT2D eigenvalue weighted by Crippen LogP contribution is 2.15. The quantitative estimate of drug-likeness (QED) is 0.789. The molecule has 0 spiro atoms. The average Bonchev–Trinajstić information content (AvgIpc) is 2.94. The molecule has 7 nitrogen and oxygen atoms in total. The number of carbonyl (C=O) groups excluding carboxylic acids is 1. The van der Waals surface area contributed by atoms with Crippen LogP contribution in [0.4, 0.5) is 0 Å². The second-order valence-corrected chi connectivity index (χ2v) is 5.71. The fourth-order valence-corrected chi connectivity index (χ4v) is 2.45. The van der Waals surface area contributed by atoms with Gasteiger partial charge in [-0.3, -0.25) is 9.59 Å². The van der Waals surface area contributed by atoms with Gasteiger partial charge in [0.15, 0.2) is 11.5 Å². The molecule has 1 heterocycles. The Kier molecular flexibility index (Phi) is 5.89. The predicted molar refractivity (Wildman–Crippen MR) is 83.7 cm³/mol. The van der Waals surface area contributed by atoms with E-state index in [0.717, 1.165) is 10.0 Å². The van der Waals surface area contributed by atoms with Crippen LogP contribution in [0.1, 0.15) is 21.8 Å². The van der Waals surface area contributed by atoms with Crippen LogP contribution in [0.15, 0.2) is 39.3 Å². The third-order valence-corrected chi connectivity index (χ3v) is 3.43. The second kappa shape index (κ2) is 7.89. The lowest BCUT2D eigenvalue weighted by molar-refractivity contribution is -0.137. The first-order valence-corrected chi connectivity index (χ1v) is 7.49. The van der Waals surface area contributed by atoms with E-state index in [4.69, 9.17) is 14.4 Å². The molecule has 23 heavy (non-hydrogen) atoms. The molecule has 0 unspecified atom stereocenters. The zero-order chi connectivity index (χ0) is 16.8. The smallest absolute Gasteiger partial charge is 0.323 e. The first-order valence-electron chi connectivity index (χ1n) is 6.69. The van der Waals surface area contributed by atoms with Crippen LogP contribution in [-0.2, 0) is 22.7 Å². The number of amides is 1. The molecule has 1 amide bonds. The Morgan fingerprint density at radius 3 is 2.83 bits per heavy atom. The largest absolute Gasteiger partial charge is 0.480 e. The number of aliphatic carboxylic acids is 1. The first-order chi connectivity index (χ1) is 11.0. The van der Waals surface area contributed by atoms with E-state index >= 15 is 0 Å². The number of ether oxygens (including phenoxy) is 1. The van der Waals surface area contributed by atoms with Crippen LogP contribution in [0.2, 0.25) is 0 Å². The molecule has 2 rings (SSSR count). The maximum Gasteiger partial charge on any atom is 0.323 e. The van der Waals surface area contributed by atoms with Gasteiger partial charge in [0.25, 0.3) is 5.91 Å². The number of methoxy groups -OCH3 is 1. The number of aromatic nitrogens is 1. The Morgan fingerprint density at radius 1 is 1.39 bits per heavy atom. The van der Waals surface area contributed by atoms with Gasteiger partial charge in [0, 0.05) is 24.2 Å². The van der Waals surface area contributed by atoms with Gasteiger partial charge in [-0.25, -0.2) is 0 Å². The van der Waals surface area contributed by atoms with Crippen LogP contribution in [0.25, 0.3) is 0 Å². The summed E-state index contributed by atoms with van der Waals surface area (Å²) >= 11 is 3.34. The van der Waals surface area contributed by atoms with Gasteiger partial charge in [-0.15, -0.1) is 0 Å². The average molecular weight is 383 g/mol. The topological polar surface area (TPSA) is 92.9 Å². The second-order valence-electron chi connectivity index (χ2n) is 4.80. The molecule has 0 atom stereocenters. The first kappa shape index (κ1) is 17.2. The van der Waals surface area contributed by atoms with Crippen molar-refractivity contribution in [3.63, 3.8) is 0 Å².